The standard InChI is InChI=1S/C21H15ClN2O2/c1-14-3-2-4-18(11-14)24-21(25)16(13-23)12-19-9-10-20(26-19)15-5-7-17(22)8-6-15/h2-12H,1H3,(H,24,25). The van der Waals surface area contributed by atoms with Gasteiger partial charge >= 0.3 is 0 Å². The normalized spacial score (nSPS) is 11.0. The average molecular weight is 363 g/mol. The average Bonchev–Trinajstić information content (AvgIpc) is 3.09. The zero-order valence-electron chi connectivity index (χ0n) is 14.0. The summed E-state index contributed by atoms with van der Waals surface area (Å²) in [7, 11) is 0. The summed E-state index contributed by atoms with van der Waals surface area (Å²) in [5.41, 5.74) is 2.47. The molecule has 0 saturated carbocycles. The summed E-state index contributed by atoms with van der Waals surface area (Å²) in [6, 6.07) is 20.0. The van der Waals surface area contributed by atoms with Crippen molar-refractivity contribution >= 4 is 29.3 Å². The summed E-state index contributed by atoms with van der Waals surface area (Å²) in [4.78, 5) is 12.3. The summed E-state index contributed by atoms with van der Waals surface area (Å²) in [5, 5.41) is 12.7. The van der Waals surface area contributed by atoms with Crippen LogP contribution in [0.15, 0.2) is 70.7 Å². The minimum atomic E-state index is -0.484. The van der Waals surface area contributed by atoms with E-state index in [1.54, 1.807) is 30.3 Å². The SMILES string of the molecule is Cc1cccc(NC(=O)C(C#N)=Cc2ccc(-c3ccc(Cl)cc3)o2)c1. The Kier molecular flexibility index (Phi) is 5.21. The molecule has 3 rings (SSSR count). The third kappa shape index (κ3) is 4.21. The molecule has 0 fully saturated rings. The van der Waals surface area contributed by atoms with Crippen molar-refractivity contribution in [2.45, 2.75) is 6.92 Å². The van der Waals surface area contributed by atoms with Crippen LogP contribution >= 0.6 is 11.6 Å². The molecule has 1 aromatic heterocycles. The van der Waals surface area contributed by atoms with Gasteiger partial charge in [0.1, 0.15) is 23.2 Å². The lowest BCUT2D eigenvalue weighted by molar-refractivity contribution is -0.112. The first-order valence-electron chi connectivity index (χ1n) is 7.91. The Morgan fingerprint density at radius 3 is 2.62 bits per heavy atom. The molecule has 128 valence electrons. The lowest BCUT2D eigenvalue weighted by Gasteiger charge is -2.04. The fraction of sp³-hybridized carbons (Fsp3) is 0.0476. The number of halogens is 1. The van der Waals surface area contributed by atoms with Crippen LogP contribution in [0, 0.1) is 18.3 Å². The molecule has 0 unspecified atom stereocenters. The second-order valence-corrected chi connectivity index (χ2v) is 6.14. The van der Waals surface area contributed by atoms with Gasteiger partial charge in [0.15, 0.2) is 0 Å². The van der Waals surface area contributed by atoms with E-state index >= 15 is 0 Å². The van der Waals surface area contributed by atoms with Crippen molar-refractivity contribution in [1.29, 1.82) is 5.26 Å². The van der Waals surface area contributed by atoms with E-state index < -0.39 is 5.91 Å². The van der Waals surface area contributed by atoms with E-state index in [-0.39, 0.29) is 5.57 Å². The van der Waals surface area contributed by atoms with Gasteiger partial charge in [-0.2, -0.15) is 5.26 Å². The fourth-order valence-electron chi connectivity index (χ4n) is 2.41. The second-order valence-electron chi connectivity index (χ2n) is 5.70. The minimum absolute atomic E-state index is 0.0384. The molecule has 1 heterocycles. The highest BCUT2D eigenvalue weighted by Gasteiger charge is 2.11. The maximum atomic E-state index is 12.3. The maximum Gasteiger partial charge on any atom is 0.266 e. The first kappa shape index (κ1) is 17.5. The summed E-state index contributed by atoms with van der Waals surface area (Å²) in [6.45, 7) is 1.93. The molecule has 0 bridgehead atoms. The fourth-order valence-corrected chi connectivity index (χ4v) is 2.54. The Morgan fingerprint density at radius 1 is 1.15 bits per heavy atom. The zero-order chi connectivity index (χ0) is 18.5. The number of furan rings is 1. The topological polar surface area (TPSA) is 66.0 Å². The van der Waals surface area contributed by atoms with Crippen molar-refractivity contribution in [1.82, 2.24) is 0 Å². The third-order valence-electron chi connectivity index (χ3n) is 3.68. The predicted octanol–water partition coefficient (Wildman–Crippen LogP) is 5.45. The number of carbonyl (C=O) groups excluding carboxylic acids is 1. The van der Waals surface area contributed by atoms with Crippen molar-refractivity contribution in [2.24, 2.45) is 0 Å². The molecule has 2 aromatic carbocycles. The maximum absolute atomic E-state index is 12.3. The number of rotatable bonds is 4. The van der Waals surface area contributed by atoms with Crippen LogP contribution in [0.1, 0.15) is 11.3 Å². The molecule has 0 radical (unpaired) electrons. The molecular weight excluding hydrogens is 348 g/mol. The Hall–Kier alpha value is -3.29. The largest absolute Gasteiger partial charge is 0.457 e. The van der Waals surface area contributed by atoms with E-state index in [4.69, 9.17) is 16.0 Å². The van der Waals surface area contributed by atoms with E-state index in [1.807, 2.05) is 43.3 Å². The monoisotopic (exact) mass is 362 g/mol. The molecule has 0 aliphatic rings. The van der Waals surface area contributed by atoms with Gasteiger partial charge in [0.05, 0.1) is 0 Å². The molecule has 0 atom stereocenters. The van der Waals surface area contributed by atoms with Gasteiger partial charge in [0, 0.05) is 22.3 Å². The number of nitriles is 1. The lowest BCUT2D eigenvalue weighted by atomic mass is 10.2. The summed E-state index contributed by atoms with van der Waals surface area (Å²) in [5.74, 6) is 0.567. The Labute approximate surface area is 156 Å². The van der Waals surface area contributed by atoms with E-state index in [1.165, 1.54) is 6.08 Å². The van der Waals surface area contributed by atoms with E-state index in [2.05, 4.69) is 5.32 Å². The van der Waals surface area contributed by atoms with Crippen molar-refractivity contribution in [3.05, 3.63) is 82.6 Å². The van der Waals surface area contributed by atoms with Gasteiger partial charge in [-0.25, -0.2) is 0 Å². The lowest BCUT2D eigenvalue weighted by Crippen LogP contribution is -2.13. The highest BCUT2D eigenvalue weighted by molar-refractivity contribution is 6.30. The number of anilines is 1. The Bertz CT molecular complexity index is 1010. The number of aryl methyl sites for hydroxylation is 1. The molecule has 5 heteroatoms. The zero-order valence-corrected chi connectivity index (χ0v) is 14.7. The molecule has 0 aliphatic carbocycles. The van der Waals surface area contributed by atoms with Crippen LogP contribution in [0.2, 0.25) is 5.02 Å². The van der Waals surface area contributed by atoms with Crippen molar-refractivity contribution in [3.8, 4) is 17.4 Å². The number of nitrogens with one attached hydrogen (secondary N) is 1. The molecule has 0 aliphatic heterocycles. The van der Waals surface area contributed by atoms with Crippen LogP contribution in [0.3, 0.4) is 0 Å². The highest BCUT2D eigenvalue weighted by Crippen LogP contribution is 2.25. The highest BCUT2D eigenvalue weighted by atomic mass is 35.5. The third-order valence-corrected chi connectivity index (χ3v) is 3.94. The van der Waals surface area contributed by atoms with Crippen LogP contribution in [-0.4, -0.2) is 5.91 Å². The smallest absolute Gasteiger partial charge is 0.266 e. The van der Waals surface area contributed by atoms with Gasteiger partial charge in [0.2, 0.25) is 0 Å². The molecule has 0 saturated heterocycles. The number of hydrogen-bond acceptors (Lipinski definition) is 3. The molecule has 3 aromatic rings. The summed E-state index contributed by atoms with van der Waals surface area (Å²) in [6.07, 6.45) is 1.42. The van der Waals surface area contributed by atoms with Gasteiger partial charge in [-0.3, -0.25) is 4.79 Å². The van der Waals surface area contributed by atoms with Crippen molar-refractivity contribution < 1.29 is 9.21 Å². The summed E-state index contributed by atoms with van der Waals surface area (Å²) < 4.78 is 5.71. The molecule has 1 amide bonds. The van der Waals surface area contributed by atoms with Gasteiger partial charge < -0.3 is 9.73 Å². The number of nitrogens with zero attached hydrogens (tertiary/aromatic N) is 1. The Balaban J connectivity index is 1.80. The first-order chi connectivity index (χ1) is 12.5. The van der Waals surface area contributed by atoms with E-state index in [9.17, 15) is 10.1 Å². The first-order valence-corrected chi connectivity index (χ1v) is 8.28. The molecule has 1 N–H and O–H groups in total. The van der Waals surface area contributed by atoms with Crippen LogP contribution in [0.25, 0.3) is 17.4 Å². The van der Waals surface area contributed by atoms with Gasteiger partial charge in [-0.05, 0) is 61.0 Å². The predicted molar refractivity (Wildman–Crippen MR) is 103 cm³/mol. The summed E-state index contributed by atoms with van der Waals surface area (Å²) >= 11 is 5.88. The second kappa shape index (κ2) is 7.73. The minimum Gasteiger partial charge on any atom is -0.457 e. The van der Waals surface area contributed by atoms with Gasteiger partial charge in [-0.15, -0.1) is 0 Å². The van der Waals surface area contributed by atoms with E-state index in [0.29, 0.717) is 22.2 Å². The molecule has 26 heavy (non-hydrogen) atoms. The van der Waals surface area contributed by atoms with E-state index in [0.717, 1.165) is 11.1 Å². The van der Waals surface area contributed by atoms with Gasteiger partial charge in [0.25, 0.3) is 5.91 Å². The van der Waals surface area contributed by atoms with Crippen LogP contribution in [0.4, 0.5) is 5.69 Å². The van der Waals surface area contributed by atoms with Crippen LogP contribution in [-0.2, 0) is 4.79 Å². The van der Waals surface area contributed by atoms with Crippen molar-refractivity contribution in [3.63, 3.8) is 0 Å². The molecular formula is C21H15ClN2O2. The van der Waals surface area contributed by atoms with Crippen LogP contribution in [0.5, 0.6) is 0 Å². The van der Waals surface area contributed by atoms with Gasteiger partial charge in [-0.1, -0.05) is 23.7 Å². The Morgan fingerprint density at radius 2 is 1.92 bits per heavy atom. The molecule has 0 spiro atoms. The quantitative estimate of drug-likeness (QED) is 0.495. The number of carbonyl (C=O) groups is 1. The molecule has 4 nitrogen and oxygen atoms in total. The van der Waals surface area contributed by atoms with Crippen LogP contribution < -0.4 is 5.32 Å². The number of amides is 1. The number of benzene rings is 2. The van der Waals surface area contributed by atoms with Crippen molar-refractivity contribution in [2.75, 3.05) is 5.32 Å². The number of hydrogen-bond donors (Lipinski definition) is 1.